The Labute approximate surface area is 152 Å². The second kappa shape index (κ2) is 9.70. The van der Waals surface area contributed by atoms with E-state index in [1.54, 1.807) is 24.3 Å². The van der Waals surface area contributed by atoms with Gasteiger partial charge in [0.25, 0.3) is 0 Å². The number of rotatable bonds is 11. The molecule has 0 spiro atoms. The standard InChI is InChI=1S/C20H22O6/c1-4-7-10-24-19(22)16-12-14(17-20(26-17)25-9-6-3)11-15(13-16)18(21)23-8-5-2/h4-6,11-13,17,20H,1-3,7-10H2. The normalized spacial score (nSPS) is 17.8. The van der Waals surface area contributed by atoms with Gasteiger partial charge < -0.3 is 18.9 Å². The van der Waals surface area contributed by atoms with Crippen molar-refractivity contribution in [3.8, 4) is 0 Å². The van der Waals surface area contributed by atoms with Crippen LogP contribution in [-0.4, -0.2) is 38.0 Å². The van der Waals surface area contributed by atoms with Crippen molar-refractivity contribution in [1.29, 1.82) is 0 Å². The van der Waals surface area contributed by atoms with Crippen molar-refractivity contribution in [3.63, 3.8) is 0 Å². The summed E-state index contributed by atoms with van der Waals surface area (Å²) in [7, 11) is 0. The van der Waals surface area contributed by atoms with E-state index >= 15 is 0 Å². The Morgan fingerprint density at radius 1 is 0.962 bits per heavy atom. The highest BCUT2D eigenvalue weighted by Crippen LogP contribution is 2.40. The zero-order valence-corrected chi connectivity index (χ0v) is 14.5. The minimum absolute atomic E-state index is 0.0766. The highest BCUT2D eigenvalue weighted by atomic mass is 16.8. The molecule has 0 aliphatic carbocycles. The molecule has 2 atom stereocenters. The predicted octanol–water partition coefficient (Wildman–Crippen LogP) is 3.36. The first-order valence-corrected chi connectivity index (χ1v) is 8.19. The average molecular weight is 358 g/mol. The Kier molecular flexibility index (Phi) is 7.32. The topological polar surface area (TPSA) is 74.4 Å². The number of epoxide rings is 1. The van der Waals surface area contributed by atoms with Gasteiger partial charge in [0.1, 0.15) is 12.7 Å². The highest BCUT2D eigenvalue weighted by molar-refractivity contribution is 5.95. The Hall–Kier alpha value is -2.70. The first-order valence-electron chi connectivity index (χ1n) is 8.19. The lowest BCUT2D eigenvalue weighted by Crippen LogP contribution is -2.11. The molecule has 0 bridgehead atoms. The average Bonchev–Trinajstić information content (AvgIpc) is 3.43. The Morgan fingerprint density at radius 3 is 2.23 bits per heavy atom. The molecule has 6 nitrogen and oxygen atoms in total. The zero-order chi connectivity index (χ0) is 18.9. The van der Waals surface area contributed by atoms with Gasteiger partial charge in [-0.05, 0) is 30.2 Å². The van der Waals surface area contributed by atoms with Crippen LogP contribution in [0.4, 0.5) is 0 Å². The molecule has 0 saturated carbocycles. The fraction of sp³-hybridized carbons (Fsp3) is 0.300. The summed E-state index contributed by atoms with van der Waals surface area (Å²) < 4.78 is 21.1. The van der Waals surface area contributed by atoms with E-state index in [1.807, 2.05) is 0 Å². The fourth-order valence-corrected chi connectivity index (χ4v) is 2.21. The fourth-order valence-electron chi connectivity index (χ4n) is 2.21. The summed E-state index contributed by atoms with van der Waals surface area (Å²) in [4.78, 5) is 24.4. The molecule has 138 valence electrons. The lowest BCUT2D eigenvalue weighted by atomic mass is 10.0. The molecule has 0 aromatic heterocycles. The second-order valence-electron chi connectivity index (χ2n) is 5.49. The number of hydrogen-bond acceptors (Lipinski definition) is 6. The van der Waals surface area contributed by atoms with E-state index in [9.17, 15) is 9.59 Å². The monoisotopic (exact) mass is 358 g/mol. The van der Waals surface area contributed by atoms with Gasteiger partial charge in [0.2, 0.25) is 0 Å². The summed E-state index contributed by atoms with van der Waals surface area (Å²) >= 11 is 0. The van der Waals surface area contributed by atoms with Crippen molar-refractivity contribution in [3.05, 3.63) is 72.9 Å². The molecule has 1 aliphatic heterocycles. The lowest BCUT2D eigenvalue weighted by Gasteiger charge is -2.08. The van der Waals surface area contributed by atoms with Crippen molar-refractivity contribution in [2.24, 2.45) is 0 Å². The summed E-state index contributed by atoms with van der Waals surface area (Å²) in [6.07, 6.45) is 4.49. The molecular formula is C20H22O6. The first kappa shape index (κ1) is 19.6. The summed E-state index contributed by atoms with van der Waals surface area (Å²) in [5.41, 5.74) is 1.12. The third-order valence-electron chi connectivity index (χ3n) is 3.47. The van der Waals surface area contributed by atoms with Gasteiger partial charge >= 0.3 is 11.9 Å². The van der Waals surface area contributed by atoms with Crippen molar-refractivity contribution >= 4 is 11.9 Å². The number of esters is 2. The van der Waals surface area contributed by atoms with Crippen LogP contribution in [0.1, 0.15) is 38.8 Å². The van der Waals surface area contributed by atoms with Crippen molar-refractivity contribution in [2.75, 3.05) is 19.8 Å². The highest BCUT2D eigenvalue weighted by Gasteiger charge is 2.42. The molecule has 1 fully saturated rings. The van der Waals surface area contributed by atoms with Crippen LogP contribution in [0.15, 0.2) is 56.2 Å². The second-order valence-corrected chi connectivity index (χ2v) is 5.49. The molecule has 6 heteroatoms. The molecule has 1 heterocycles. The van der Waals surface area contributed by atoms with Crippen LogP contribution in [0.25, 0.3) is 0 Å². The molecule has 1 aliphatic rings. The van der Waals surface area contributed by atoms with E-state index in [4.69, 9.17) is 18.9 Å². The summed E-state index contributed by atoms with van der Waals surface area (Å²) in [6.45, 7) is 11.3. The lowest BCUT2D eigenvalue weighted by molar-refractivity contribution is 0.0511. The van der Waals surface area contributed by atoms with Crippen LogP contribution in [-0.2, 0) is 18.9 Å². The van der Waals surface area contributed by atoms with E-state index in [0.717, 1.165) is 0 Å². The van der Waals surface area contributed by atoms with Gasteiger partial charge in [0, 0.05) is 0 Å². The van der Waals surface area contributed by atoms with Gasteiger partial charge in [0.05, 0.1) is 24.3 Å². The molecule has 1 saturated heterocycles. The Balaban J connectivity index is 2.20. The zero-order valence-electron chi connectivity index (χ0n) is 14.5. The summed E-state index contributed by atoms with van der Waals surface area (Å²) in [6, 6.07) is 4.68. The number of carbonyl (C=O) groups excluding carboxylic acids is 2. The molecule has 1 aromatic carbocycles. The molecule has 0 amide bonds. The maximum atomic E-state index is 12.2. The van der Waals surface area contributed by atoms with Crippen LogP contribution >= 0.6 is 0 Å². The van der Waals surface area contributed by atoms with Crippen LogP contribution in [0.2, 0.25) is 0 Å². The van der Waals surface area contributed by atoms with Gasteiger partial charge in [-0.3, -0.25) is 0 Å². The molecule has 1 aromatic rings. The van der Waals surface area contributed by atoms with Crippen LogP contribution in [0, 0.1) is 0 Å². The minimum atomic E-state index is -0.559. The molecular weight excluding hydrogens is 336 g/mol. The van der Waals surface area contributed by atoms with Crippen molar-refractivity contribution in [1.82, 2.24) is 0 Å². The van der Waals surface area contributed by atoms with Crippen molar-refractivity contribution in [2.45, 2.75) is 18.8 Å². The Morgan fingerprint density at radius 2 is 1.62 bits per heavy atom. The summed E-state index contributed by atoms with van der Waals surface area (Å²) in [5, 5.41) is 0. The van der Waals surface area contributed by atoms with Crippen molar-refractivity contribution < 1.29 is 28.5 Å². The van der Waals surface area contributed by atoms with E-state index in [-0.39, 0.29) is 30.4 Å². The number of carbonyl (C=O) groups is 2. The smallest absolute Gasteiger partial charge is 0.338 e. The molecule has 26 heavy (non-hydrogen) atoms. The number of ether oxygens (including phenoxy) is 4. The van der Waals surface area contributed by atoms with Gasteiger partial charge in [-0.2, -0.15) is 0 Å². The van der Waals surface area contributed by atoms with Crippen LogP contribution in [0.5, 0.6) is 0 Å². The maximum Gasteiger partial charge on any atom is 0.338 e. The predicted molar refractivity (Wildman–Crippen MR) is 95.8 cm³/mol. The van der Waals surface area contributed by atoms with Gasteiger partial charge in [0.15, 0.2) is 6.29 Å². The number of benzene rings is 1. The van der Waals surface area contributed by atoms with Crippen LogP contribution in [0.3, 0.4) is 0 Å². The third-order valence-corrected chi connectivity index (χ3v) is 3.47. The first-order chi connectivity index (χ1) is 12.6. The molecule has 2 rings (SSSR count). The van der Waals surface area contributed by atoms with Gasteiger partial charge in [-0.25, -0.2) is 9.59 Å². The van der Waals surface area contributed by atoms with Crippen LogP contribution < -0.4 is 0 Å². The van der Waals surface area contributed by atoms with Gasteiger partial charge in [-0.1, -0.05) is 24.8 Å². The van der Waals surface area contributed by atoms with E-state index in [0.29, 0.717) is 18.6 Å². The quantitative estimate of drug-likeness (QED) is 0.261. The number of hydrogen-bond donors (Lipinski definition) is 0. The van der Waals surface area contributed by atoms with E-state index in [1.165, 1.54) is 12.1 Å². The molecule has 2 unspecified atom stereocenters. The molecule has 0 N–H and O–H groups in total. The van der Waals surface area contributed by atoms with E-state index < -0.39 is 18.2 Å². The third kappa shape index (κ3) is 5.40. The largest absolute Gasteiger partial charge is 0.462 e. The molecule has 0 radical (unpaired) electrons. The van der Waals surface area contributed by atoms with Gasteiger partial charge in [-0.15, -0.1) is 13.2 Å². The summed E-state index contributed by atoms with van der Waals surface area (Å²) in [5.74, 6) is -1.09. The minimum Gasteiger partial charge on any atom is -0.462 e. The maximum absolute atomic E-state index is 12.2. The SMILES string of the molecule is C=CCCOC(=O)c1cc(C(=O)OCC=C)cc(C2OC2OCC=C)c1. The Bertz CT molecular complexity index is 694. The van der Waals surface area contributed by atoms with E-state index in [2.05, 4.69) is 19.7 Å².